The van der Waals surface area contributed by atoms with Crippen molar-refractivity contribution in [2.45, 2.75) is 6.04 Å². The Bertz CT molecular complexity index is 425. The highest BCUT2D eigenvalue weighted by atomic mass is 19.1. The fourth-order valence-electron chi connectivity index (χ4n) is 2.01. The van der Waals surface area contributed by atoms with Crippen LogP contribution in [0.5, 0.6) is 0 Å². The molecule has 1 aromatic carbocycles. The van der Waals surface area contributed by atoms with E-state index < -0.39 is 6.04 Å². The molecule has 0 saturated carbocycles. The van der Waals surface area contributed by atoms with Crippen LogP contribution in [0.2, 0.25) is 0 Å². The zero-order valence-electron chi connectivity index (χ0n) is 9.64. The lowest BCUT2D eigenvalue weighted by Crippen LogP contribution is -2.57. The molecule has 1 aliphatic rings. The molecular formula is C12H15FN2O2. The van der Waals surface area contributed by atoms with Crippen molar-refractivity contribution in [1.82, 2.24) is 4.90 Å². The number of aliphatic hydroxyl groups excluding tert-OH is 1. The molecule has 1 N–H and O–H groups in total. The number of likely N-dealkylation sites (N-methyl/N-ethyl adjacent to an activating group) is 1. The van der Waals surface area contributed by atoms with Crippen LogP contribution in [0.1, 0.15) is 0 Å². The Balaban J connectivity index is 2.25. The highest BCUT2D eigenvalue weighted by Gasteiger charge is 2.32. The van der Waals surface area contributed by atoms with Gasteiger partial charge in [-0.3, -0.25) is 9.69 Å². The lowest BCUT2D eigenvalue weighted by Gasteiger charge is -2.37. The lowest BCUT2D eigenvalue weighted by molar-refractivity contribution is -0.126. The number of aliphatic hydroxyl groups is 1. The van der Waals surface area contributed by atoms with Crippen molar-refractivity contribution in [3.8, 4) is 0 Å². The zero-order chi connectivity index (χ0) is 12.4. The van der Waals surface area contributed by atoms with Gasteiger partial charge in [0.1, 0.15) is 11.9 Å². The summed E-state index contributed by atoms with van der Waals surface area (Å²) in [6.45, 7) is 0.948. The van der Waals surface area contributed by atoms with Crippen LogP contribution in [-0.4, -0.2) is 48.7 Å². The van der Waals surface area contributed by atoms with Gasteiger partial charge in [-0.2, -0.15) is 0 Å². The number of anilines is 1. The summed E-state index contributed by atoms with van der Waals surface area (Å²) in [5.41, 5.74) is 0.543. The predicted octanol–water partition coefficient (Wildman–Crippen LogP) is 0.465. The number of carbonyl (C=O) groups excluding carboxylic acids is 1. The first kappa shape index (κ1) is 12.0. The molecule has 1 aromatic rings. The largest absolute Gasteiger partial charge is 0.394 e. The Hall–Kier alpha value is -1.46. The minimum Gasteiger partial charge on any atom is -0.394 e. The van der Waals surface area contributed by atoms with Crippen LogP contribution in [0, 0.1) is 5.82 Å². The van der Waals surface area contributed by atoms with E-state index in [0.29, 0.717) is 18.8 Å². The second kappa shape index (κ2) is 4.81. The van der Waals surface area contributed by atoms with Crippen LogP contribution in [0.4, 0.5) is 10.1 Å². The fraction of sp³-hybridized carbons (Fsp3) is 0.417. The van der Waals surface area contributed by atoms with Crippen molar-refractivity contribution < 1.29 is 14.3 Å². The van der Waals surface area contributed by atoms with Crippen molar-refractivity contribution in [3.63, 3.8) is 0 Å². The number of piperazine rings is 1. The lowest BCUT2D eigenvalue weighted by atomic mass is 10.1. The Morgan fingerprint density at radius 1 is 1.47 bits per heavy atom. The maximum atomic E-state index is 13.1. The number of rotatable bonds is 2. The summed E-state index contributed by atoms with van der Waals surface area (Å²) in [5.74, 6) is -0.554. The molecule has 1 aliphatic heterocycles. The summed E-state index contributed by atoms with van der Waals surface area (Å²) in [7, 11) is 1.79. The van der Waals surface area contributed by atoms with Crippen molar-refractivity contribution in [2.75, 3.05) is 31.6 Å². The molecule has 0 spiro atoms. The molecular weight excluding hydrogens is 223 g/mol. The third-order valence-electron chi connectivity index (χ3n) is 3.05. The number of nitrogens with zero attached hydrogens (tertiary/aromatic N) is 2. The molecule has 1 saturated heterocycles. The quantitative estimate of drug-likeness (QED) is 0.814. The van der Waals surface area contributed by atoms with E-state index in [9.17, 15) is 14.3 Å². The van der Waals surface area contributed by atoms with Gasteiger partial charge in [0.25, 0.3) is 0 Å². The summed E-state index contributed by atoms with van der Waals surface area (Å²) in [4.78, 5) is 15.4. The summed E-state index contributed by atoms with van der Waals surface area (Å²) in [6, 6.07) is 5.41. The van der Waals surface area contributed by atoms with Gasteiger partial charge in [-0.1, -0.05) is 6.07 Å². The minimum atomic E-state index is -0.535. The highest BCUT2D eigenvalue weighted by Crippen LogP contribution is 2.20. The van der Waals surface area contributed by atoms with Gasteiger partial charge in [0.2, 0.25) is 5.91 Å². The number of hydrogen-bond acceptors (Lipinski definition) is 3. The second-order valence-corrected chi connectivity index (χ2v) is 4.15. The van der Waals surface area contributed by atoms with Crippen molar-refractivity contribution >= 4 is 11.6 Å². The molecule has 17 heavy (non-hydrogen) atoms. The van der Waals surface area contributed by atoms with E-state index in [1.165, 1.54) is 17.0 Å². The molecule has 5 heteroatoms. The average molecular weight is 238 g/mol. The first-order chi connectivity index (χ1) is 8.13. The summed E-state index contributed by atoms with van der Waals surface area (Å²) in [6.07, 6.45) is 0. The maximum Gasteiger partial charge on any atom is 0.246 e. The number of hydrogen-bond donors (Lipinski definition) is 1. The van der Waals surface area contributed by atoms with Gasteiger partial charge in [-0.15, -0.1) is 0 Å². The summed E-state index contributed by atoms with van der Waals surface area (Å²) < 4.78 is 13.1. The Morgan fingerprint density at radius 2 is 2.24 bits per heavy atom. The van der Waals surface area contributed by atoms with E-state index in [0.717, 1.165) is 0 Å². The maximum absolute atomic E-state index is 13.1. The van der Waals surface area contributed by atoms with Gasteiger partial charge in [-0.25, -0.2) is 4.39 Å². The van der Waals surface area contributed by atoms with Crippen molar-refractivity contribution in [1.29, 1.82) is 0 Å². The van der Waals surface area contributed by atoms with Gasteiger partial charge < -0.3 is 10.0 Å². The molecule has 1 fully saturated rings. The van der Waals surface area contributed by atoms with Gasteiger partial charge in [0.05, 0.1) is 6.61 Å². The molecule has 0 aromatic heterocycles. The SMILES string of the molecule is CN1CCN(c2cccc(F)c2)C(=O)C1CO. The molecule has 92 valence electrons. The normalized spacial score (nSPS) is 21.9. The molecule has 0 radical (unpaired) electrons. The van der Waals surface area contributed by atoms with Crippen LogP contribution in [0.25, 0.3) is 0 Å². The second-order valence-electron chi connectivity index (χ2n) is 4.15. The van der Waals surface area contributed by atoms with Gasteiger partial charge >= 0.3 is 0 Å². The smallest absolute Gasteiger partial charge is 0.246 e. The Morgan fingerprint density at radius 3 is 2.88 bits per heavy atom. The molecule has 1 atom stereocenters. The van der Waals surface area contributed by atoms with Gasteiger partial charge in [0, 0.05) is 18.8 Å². The average Bonchev–Trinajstić information content (AvgIpc) is 2.29. The Kier molecular flexibility index (Phi) is 3.40. The standard InChI is InChI=1S/C12H15FN2O2/c1-14-5-6-15(12(17)11(14)8-16)10-4-2-3-9(13)7-10/h2-4,7,11,16H,5-6,8H2,1H3. The van der Waals surface area contributed by atoms with E-state index in [-0.39, 0.29) is 18.3 Å². The van der Waals surface area contributed by atoms with Crippen LogP contribution < -0.4 is 4.90 Å². The van der Waals surface area contributed by atoms with Crippen LogP contribution in [0.15, 0.2) is 24.3 Å². The van der Waals surface area contributed by atoms with E-state index in [2.05, 4.69) is 0 Å². The Labute approximate surface area is 99.3 Å². The van der Waals surface area contributed by atoms with Crippen LogP contribution in [-0.2, 0) is 4.79 Å². The first-order valence-corrected chi connectivity index (χ1v) is 5.51. The van der Waals surface area contributed by atoms with E-state index in [4.69, 9.17) is 0 Å². The number of amides is 1. The summed E-state index contributed by atoms with van der Waals surface area (Å²) >= 11 is 0. The molecule has 1 unspecified atom stereocenters. The molecule has 0 bridgehead atoms. The topological polar surface area (TPSA) is 43.8 Å². The van der Waals surface area contributed by atoms with Crippen molar-refractivity contribution in [2.24, 2.45) is 0 Å². The van der Waals surface area contributed by atoms with Crippen molar-refractivity contribution in [3.05, 3.63) is 30.1 Å². The molecule has 1 amide bonds. The van der Waals surface area contributed by atoms with Gasteiger partial charge in [-0.05, 0) is 25.2 Å². The fourth-order valence-corrected chi connectivity index (χ4v) is 2.01. The van der Waals surface area contributed by atoms with Crippen LogP contribution >= 0.6 is 0 Å². The van der Waals surface area contributed by atoms with Crippen LogP contribution in [0.3, 0.4) is 0 Å². The summed E-state index contributed by atoms with van der Waals surface area (Å²) in [5, 5.41) is 9.19. The molecule has 0 aliphatic carbocycles. The van der Waals surface area contributed by atoms with E-state index in [1.54, 1.807) is 24.1 Å². The minimum absolute atomic E-state index is 0.188. The number of benzene rings is 1. The third kappa shape index (κ3) is 2.30. The third-order valence-corrected chi connectivity index (χ3v) is 3.05. The van der Waals surface area contributed by atoms with Gasteiger partial charge in [0.15, 0.2) is 0 Å². The number of halogens is 1. The highest BCUT2D eigenvalue weighted by molar-refractivity contribution is 5.98. The predicted molar refractivity (Wildman–Crippen MR) is 62.3 cm³/mol. The van der Waals surface area contributed by atoms with E-state index in [1.807, 2.05) is 0 Å². The first-order valence-electron chi connectivity index (χ1n) is 5.51. The number of carbonyl (C=O) groups is 1. The molecule has 1 heterocycles. The molecule has 2 rings (SSSR count). The molecule has 4 nitrogen and oxygen atoms in total. The monoisotopic (exact) mass is 238 g/mol. The zero-order valence-corrected chi connectivity index (χ0v) is 9.64. The van der Waals surface area contributed by atoms with E-state index >= 15 is 0 Å².